The van der Waals surface area contributed by atoms with Gasteiger partial charge in [0.25, 0.3) is 0 Å². The number of fused-ring (bicyclic) bond motifs is 3. The summed E-state index contributed by atoms with van der Waals surface area (Å²) in [5.41, 5.74) is 4.02. The minimum atomic E-state index is -3.66. The number of nitrogens with one attached hydrogen (secondary N) is 2. The van der Waals surface area contributed by atoms with Crippen LogP contribution in [0.2, 0.25) is 0 Å². The van der Waals surface area contributed by atoms with E-state index in [1.165, 1.54) is 4.31 Å². The first kappa shape index (κ1) is 25.5. The molecule has 5 aromatic rings. The normalized spacial score (nSPS) is 16.1. The highest BCUT2D eigenvalue weighted by Crippen LogP contribution is 2.44. The second-order valence-corrected chi connectivity index (χ2v) is 12.4. The summed E-state index contributed by atoms with van der Waals surface area (Å²) in [5, 5.41) is 2.97. The van der Waals surface area contributed by atoms with E-state index in [0.717, 1.165) is 28.0 Å². The molecule has 1 amide bonds. The third-order valence-corrected chi connectivity index (χ3v) is 9.86. The molecular formula is C32H28N4O4S. The number of rotatable bonds is 5. The van der Waals surface area contributed by atoms with Crippen LogP contribution in [-0.2, 0) is 14.8 Å². The summed E-state index contributed by atoms with van der Waals surface area (Å²) in [7, 11) is -3.66. The van der Waals surface area contributed by atoms with Crippen molar-refractivity contribution in [3.63, 3.8) is 0 Å². The Hall–Kier alpha value is -4.47. The fourth-order valence-electron chi connectivity index (χ4n) is 5.80. The van der Waals surface area contributed by atoms with Crippen LogP contribution in [0.1, 0.15) is 41.6 Å². The Morgan fingerprint density at radius 2 is 1.44 bits per heavy atom. The van der Waals surface area contributed by atoms with Crippen molar-refractivity contribution in [1.82, 2.24) is 14.3 Å². The monoisotopic (exact) mass is 564 g/mol. The van der Waals surface area contributed by atoms with Gasteiger partial charge in [0.05, 0.1) is 21.8 Å². The molecule has 1 saturated heterocycles. The predicted molar refractivity (Wildman–Crippen MR) is 157 cm³/mol. The van der Waals surface area contributed by atoms with Gasteiger partial charge in [0.2, 0.25) is 15.9 Å². The van der Waals surface area contributed by atoms with Crippen LogP contribution in [0.4, 0.5) is 5.69 Å². The lowest BCUT2D eigenvalue weighted by Gasteiger charge is -2.30. The number of ether oxygens (including phenoxy) is 1. The number of piperidine rings is 1. The van der Waals surface area contributed by atoms with Gasteiger partial charge in [-0.05, 0) is 61.4 Å². The van der Waals surface area contributed by atoms with Crippen LogP contribution in [-0.4, -0.2) is 41.7 Å². The molecule has 0 saturated carbocycles. The van der Waals surface area contributed by atoms with E-state index in [9.17, 15) is 13.2 Å². The van der Waals surface area contributed by atoms with Gasteiger partial charge in [-0.1, -0.05) is 48.5 Å². The van der Waals surface area contributed by atoms with Crippen LogP contribution in [0.5, 0.6) is 11.5 Å². The maximum atomic E-state index is 13.5. The topological polar surface area (TPSA) is 104 Å². The zero-order valence-corrected chi connectivity index (χ0v) is 23.0. The molecule has 0 atom stereocenters. The maximum absolute atomic E-state index is 13.5. The van der Waals surface area contributed by atoms with Crippen LogP contribution in [0.15, 0.2) is 102 Å². The quantitative estimate of drug-likeness (QED) is 0.272. The number of carbonyl (C=O) groups is 1. The molecule has 0 aliphatic carbocycles. The fourth-order valence-corrected chi connectivity index (χ4v) is 7.27. The number of amides is 1. The van der Waals surface area contributed by atoms with E-state index < -0.39 is 15.9 Å². The van der Waals surface area contributed by atoms with E-state index in [1.54, 1.807) is 24.3 Å². The van der Waals surface area contributed by atoms with Crippen LogP contribution in [0.3, 0.4) is 0 Å². The Morgan fingerprint density at radius 3 is 2.10 bits per heavy atom. The van der Waals surface area contributed by atoms with E-state index in [2.05, 4.69) is 10.3 Å². The molecule has 1 fully saturated rings. The summed E-state index contributed by atoms with van der Waals surface area (Å²) >= 11 is 0. The highest BCUT2D eigenvalue weighted by atomic mass is 32.2. The lowest BCUT2D eigenvalue weighted by Crippen LogP contribution is -2.38. The highest BCUT2D eigenvalue weighted by Gasteiger charge is 2.33. The van der Waals surface area contributed by atoms with Crippen molar-refractivity contribution in [2.24, 2.45) is 0 Å². The largest absolute Gasteiger partial charge is 0.457 e. The molecule has 2 N–H and O–H groups in total. The average Bonchev–Trinajstić information content (AvgIpc) is 3.45. The predicted octanol–water partition coefficient (Wildman–Crippen LogP) is 6.01. The van der Waals surface area contributed by atoms with Gasteiger partial charge in [-0.25, -0.2) is 13.4 Å². The second kappa shape index (κ2) is 10.2. The lowest BCUT2D eigenvalue weighted by molar-refractivity contribution is -0.116. The molecule has 41 heavy (non-hydrogen) atoms. The van der Waals surface area contributed by atoms with Gasteiger partial charge in [-0.2, -0.15) is 4.31 Å². The van der Waals surface area contributed by atoms with Crippen molar-refractivity contribution >= 4 is 32.7 Å². The molecule has 0 spiro atoms. The molecule has 3 heterocycles. The zero-order chi connectivity index (χ0) is 28.0. The van der Waals surface area contributed by atoms with E-state index in [4.69, 9.17) is 9.72 Å². The standard InChI is InChI=1S/C32H28N4O4S/c37-32(30-24-7-1-5-11-28(24)40-29-12-6-2-8-25(29)30)33-22-13-15-23(16-14-22)41(38,39)36-19-17-21(18-20-36)31-34-26-9-3-4-10-27(26)35-31/h1-16,21,30H,17-20H2,(H,33,37)(H,34,35). The minimum absolute atomic E-state index is 0.187. The minimum Gasteiger partial charge on any atom is -0.457 e. The van der Waals surface area contributed by atoms with Gasteiger partial charge in [0, 0.05) is 35.8 Å². The Bertz CT molecular complexity index is 1780. The summed E-state index contributed by atoms with van der Waals surface area (Å²) in [6, 6.07) is 29.3. The average molecular weight is 565 g/mol. The van der Waals surface area contributed by atoms with Gasteiger partial charge in [0.15, 0.2) is 0 Å². The fraction of sp³-hybridized carbons (Fsp3) is 0.188. The summed E-state index contributed by atoms with van der Waals surface area (Å²) in [4.78, 5) is 21.8. The third kappa shape index (κ3) is 4.67. The summed E-state index contributed by atoms with van der Waals surface area (Å²) in [5.74, 6) is 1.64. The second-order valence-electron chi connectivity index (χ2n) is 10.4. The van der Waals surface area contributed by atoms with Crippen molar-refractivity contribution in [2.45, 2.75) is 29.6 Å². The summed E-state index contributed by atoms with van der Waals surface area (Å²) in [6.07, 6.45) is 1.39. The molecule has 0 bridgehead atoms. The number of hydrogen-bond acceptors (Lipinski definition) is 5. The number of anilines is 1. The third-order valence-electron chi connectivity index (χ3n) is 7.95. The van der Waals surface area contributed by atoms with Crippen LogP contribution >= 0.6 is 0 Å². The lowest BCUT2D eigenvalue weighted by atomic mass is 9.87. The molecule has 9 heteroatoms. The molecular weight excluding hydrogens is 536 g/mol. The first-order valence-corrected chi connectivity index (χ1v) is 15.1. The number of hydrogen-bond donors (Lipinski definition) is 2. The Morgan fingerprint density at radius 1 is 0.829 bits per heavy atom. The van der Waals surface area contributed by atoms with Gasteiger partial charge in [-0.3, -0.25) is 4.79 Å². The van der Waals surface area contributed by atoms with Crippen LogP contribution < -0.4 is 10.1 Å². The van der Waals surface area contributed by atoms with Gasteiger partial charge >= 0.3 is 0 Å². The number of sulfonamides is 1. The molecule has 2 aliphatic heterocycles. The molecule has 0 radical (unpaired) electrons. The number of carbonyl (C=O) groups excluding carboxylic acids is 1. The molecule has 4 aromatic carbocycles. The molecule has 2 aliphatic rings. The van der Waals surface area contributed by atoms with E-state index in [0.29, 0.717) is 43.1 Å². The number of imidazole rings is 1. The number of benzene rings is 4. The van der Waals surface area contributed by atoms with Gasteiger partial charge in [-0.15, -0.1) is 0 Å². The first-order chi connectivity index (χ1) is 20.0. The smallest absolute Gasteiger partial charge is 0.243 e. The number of nitrogens with zero attached hydrogens (tertiary/aromatic N) is 2. The van der Waals surface area contributed by atoms with Crippen molar-refractivity contribution in [2.75, 3.05) is 18.4 Å². The number of aromatic amines is 1. The van der Waals surface area contributed by atoms with Crippen molar-refractivity contribution < 1.29 is 17.9 Å². The van der Waals surface area contributed by atoms with Gasteiger partial charge < -0.3 is 15.0 Å². The van der Waals surface area contributed by atoms with E-state index in [-0.39, 0.29) is 16.7 Å². The Kier molecular flexibility index (Phi) is 6.33. The zero-order valence-electron chi connectivity index (χ0n) is 22.2. The molecule has 0 unspecified atom stereocenters. The molecule has 206 valence electrons. The SMILES string of the molecule is O=C(Nc1ccc(S(=O)(=O)N2CCC(c3nc4ccccc4[nH]3)CC2)cc1)C1c2ccccc2Oc2ccccc21. The maximum Gasteiger partial charge on any atom is 0.243 e. The van der Waals surface area contributed by atoms with Crippen molar-refractivity contribution in [3.8, 4) is 11.5 Å². The summed E-state index contributed by atoms with van der Waals surface area (Å²) < 4.78 is 34.4. The van der Waals surface area contributed by atoms with Crippen molar-refractivity contribution in [1.29, 1.82) is 0 Å². The Labute approximate surface area is 238 Å². The van der Waals surface area contributed by atoms with Gasteiger partial charge in [0.1, 0.15) is 17.3 Å². The summed E-state index contributed by atoms with van der Waals surface area (Å²) in [6.45, 7) is 0.843. The van der Waals surface area contributed by atoms with Crippen LogP contribution in [0, 0.1) is 0 Å². The van der Waals surface area contributed by atoms with Crippen LogP contribution in [0.25, 0.3) is 11.0 Å². The number of para-hydroxylation sites is 4. The molecule has 7 rings (SSSR count). The Balaban J connectivity index is 1.04. The van der Waals surface area contributed by atoms with E-state index >= 15 is 0 Å². The number of aromatic nitrogens is 2. The van der Waals surface area contributed by atoms with E-state index in [1.807, 2.05) is 72.8 Å². The number of H-pyrrole nitrogens is 1. The van der Waals surface area contributed by atoms with Crippen molar-refractivity contribution in [3.05, 3.63) is 114 Å². The molecule has 1 aromatic heterocycles. The molecule has 8 nitrogen and oxygen atoms in total. The first-order valence-electron chi connectivity index (χ1n) is 13.7. The highest BCUT2D eigenvalue weighted by molar-refractivity contribution is 7.89.